The van der Waals surface area contributed by atoms with Crippen molar-refractivity contribution in [2.24, 2.45) is 4.99 Å². The number of anilines is 1. The van der Waals surface area contributed by atoms with Gasteiger partial charge in [0.1, 0.15) is 5.82 Å². The van der Waals surface area contributed by atoms with Gasteiger partial charge in [-0.1, -0.05) is 12.1 Å². The molecular weight excluding hydrogens is 405 g/mol. The molecule has 0 unspecified atom stereocenters. The summed E-state index contributed by atoms with van der Waals surface area (Å²) in [5, 5.41) is 3.32. The highest BCUT2D eigenvalue weighted by atomic mass is 19.4. The molecule has 1 saturated heterocycles. The van der Waals surface area contributed by atoms with Crippen molar-refractivity contribution in [3.63, 3.8) is 0 Å². The summed E-state index contributed by atoms with van der Waals surface area (Å²) in [5.74, 6) is 1.64. The fourth-order valence-corrected chi connectivity index (χ4v) is 3.49. The summed E-state index contributed by atoms with van der Waals surface area (Å²) in [6.45, 7) is 4.97. The van der Waals surface area contributed by atoms with Gasteiger partial charge in [0.15, 0.2) is 5.96 Å². The Morgan fingerprint density at radius 2 is 1.77 bits per heavy atom. The molecule has 0 saturated carbocycles. The van der Waals surface area contributed by atoms with Gasteiger partial charge in [-0.15, -0.1) is 0 Å². The molecule has 6 nitrogen and oxygen atoms in total. The number of aliphatic imine (C=N–C) groups is 1. The fraction of sp³-hybridized carbons (Fsp3) is 0.455. The number of benzene rings is 1. The monoisotopic (exact) mass is 434 g/mol. The molecule has 31 heavy (non-hydrogen) atoms. The molecular formula is C22H29F3N6. The Kier molecular flexibility index (Phi) is 7.37. The van der Waals surface area contributed by atoms with Crippen LogP contribution in [0, 0.1) is 0 Å². The van der Waals surface area contributed by atoms with E-state index in [0.29, 0.717) is 19.0 Å². The number of pyridine rings is 1. The number of likely N-dealkylation sites (N-methyl/N-ethyl adjacent to an activating group) is 1. The van der Waals surface area contributed by atoms with Crippen LogP contribution in [0.25, 0.3) is 0 Å². The lowest BCUT2D eigenvalue weighted by atomic mass is 10.1. The fourth-order valence-electron chi connectivity index (χ4n) is 3.49. The van der Waals surface area contributed by atoms with Crippen LogP contribution in [0.1, 0.15) is 16.7 Å². The van der Waals surface area contributed by atoms with E-state index in [1.165, 1.54) is 12.1 Å². The van der Waals surface area contributed by atoms with Crippen molar-refractivity contribution in [2.75, 3.05) is 52.2 Å². The first-order valence-electron chi connectivity index (χ1n) is 10.2. The summed E-state index contributed by atoms with van der Waals surface area (Å²) in [6, 6.07) is 9.26. The van der Waals surface area contributed by atoms with Crippen molar-refractivity contribution in [3.05, 3.63) is 59.3 Å². The lowest BCUT2D eigenvalue weighted by molar-refractivity contribution is -0.137. The van der Waals surface area contributed by atoms with Crippen LogP contribution in [0.4, 0.5) is 19.0 Å². The molecule has 1 aromatic carbocycles. The first kappa shape index (κ1) is 22.9. The summed E-state index contributed by atoms with van der Waals surface area (Å²) in [5.41, 5.74) is 1.22. The molecule has 0 amide bonds. The molecule has 2 heterocycles. The van der Waals surface area contributed by atoms with E-state index < -0.39 is 11.7 Å². The van der Waals surface area contributed by atoms with Crippen molar-refractivity contribution in [3.8, 4) is 0 Å². The van der Waals surface area contributed by atoms with Crippen molar-refractivity contribution < 1.29 is 13.2 Å². The molecule has 0 radical (unpaired) electrons. The maximum absolute atomic E-state index is 12.7. The van der Waals surface area contributed by atoms with Gasteiger partial charge in [-0.05, 0) is 42.4 Å². The standard InChI is InChI=1S/C22H29F3N6/c1-26-21(30(3)16-17-4-6-19(7-5-17)22(23,24)25)28-15-18-8-9-27-20(14-18)31-12-10-29(2)11-13-31/h4-9,14H,10-13,15-16H2,1-3H3,(H,26,28). The predicted octanol–water partition coefficient (Wildman–Crippen LogP) is 3.06. The van der Waals surface area contributed by atoms with E-state index in [2.05, 4.69) is 38.2 Å². The Morgan fingerprint density at radius 1 is 1.10 bits per heavy atom. The molecule has 0 bridgehead atoms. The molecule has 9 heteroatoms. The molecule has 3 rings (SSSR count). The van der Waals surface area contributed by atoms with E-state index in [0.717, 1.165) is 55.3 Å². The maximum atomic E-state index is 12.7. The molecule has 1 aliphatic rings. The molecule has 1 N–H and O–H groups in total. The molecule has 0 aliphatic carbocycles. The largest absolute Gasteiger partial charge is 0.416 e. The number of guanidine groups is 1. The van der Waals surface area contributed by atoms with Gasteiger partial charge in [-0.2, -0.15) is 13.2 Å². The van der Waals surface area contributed by atoms with E-state index in [1.54, 1.807) is 7.05 Å². The Hall–Kier alpha value is -2.81. The molecule has 2 aromatic rings. The molecule has 0 atom stereocenters. The van der Waals surface area contributed by atoms with Gasteiger partial charge < -0.3 is 20.0 Å². The van der Waals surface area contributed by atoms with Crippen molar-refractivity contribution >= 4 is 11.8 Å². The average Bonchev–Trinajstić information content (AvgIpc) is 2.74. The maximum Gasteiger partial charge on any atom is 0.416 e. The molecule has 1 aromatic heterocycles. The second-order valence-electron chi connectivity index (χ2n) is 7.76. The second-order valence-corrected chi connectivity index (χ2v) is 7.76. The summed E-state index contributed by atoms with van der Waals surface area (Å²) >= 11 is 0. The minimum atomic E-state index is -4.32. The summed E-state index contributed by atoms with van der Waals surface area (Å²) in [6.07, 6.45) is -2.51. The first-order valence-corrected chi connectivity index (χ1v) is 10.2. The second kappa shape index (κ2) is 10.00. The number of rotatable bonds is 5. The van der Waals surface area contributed by atoms with Gasteiger partial charge in [0.05, 0.1) is 5.56 Å². The normalized spacial score (nSPS) is 15.8. The van der Waals surface area contributed by atoms with Crippen LogP contribution in [0.15, 0.2) is 47.6 Å². The predicted molar refractivity (Wildman–Crippen MR) is 117 cm³/mol. The average molecular weight is 435 g/mol. The summed E-state index contributed by atoms with van der Waals surface area (Å²) in [7, 11) is 5.67. The third-order valence-electron chi connectivity index (χ3n) is 5.36. The van der Waals surface area contributed by atoms with Gasteiger partial charge >= 0.3 is 6.18 Å². The number of hydrogen-bond acceptors (Lipinski definition) is 4. The molecule has 168 valence electrons. The molecule has 1 aliphatic heterocycles. The smallest absolute Gasteiger partial charge is 0.354 e. The highest BCUT2D eigenvalue weighted by Gasteiger charge is 2.30. The zero-order valence-corrected chi connectivity index (χ0v) is 18.2. The van der Waals surface area contributed by atoms with E-state index in [4.69, 9.17) is 0 Å². The Labute approximate surface area is 181 Å². The van der Waals surface area contributed by atoms with Gasteiger partial charge in [0, 0.05) is 59.6 Å². The molecule has 1 fully saturated rings. The minimum absolute atomic E-state index is 0.445. The van der Waals surface area contributed by atoms with Crippen molar-refractivity contribution in [1.82, 2.24) is 20.1 Å². The van der Waals surface area contributed by atoms with E-state index in [9.17, 15) is 13.2 Å². The van der Waals surface area contributed by atoms with Crippen LogP contribution in [0.3, 0.4) is 0 Å². The summed E-state index contributed by atoms with van der Waals surface area (Å²) < 4.78 is 38.2. The number of halogens is 3. The van der Waals surface area contributed by atoms with Crippen LogP contribution >= 0.6 is 0 Å². The number of aromatic nitrogens is 1. The first-order chi connectivity index (χ1) is 14.8. The highest BCUT2D eigenvalue weighted by Crippen LogP contribution is 2.29. The number of alkyl halides is 3. The quantitative estimate of drug-likeness (QED) is 0.579. The van der Waals surface area contributed by atoms with Crippen LogP contribution < -0.4 is 10.2 Å². The Balaban J connectivity index is 1.57. The lowest BCUT2D eigenvalue weighted by Gasteiger charge is -2.33. The van der Waals surface area contributed by atoms with Crippen LogP contribution in [0.2, 0.25) is 0 Å². The SMILES string of the molecule is CN=C(NCc1ccnc(N2CCN(C)CC2)c1)N(C)Cc1ccc(C(F)(F)F)cc1. The van der Waals surface area contributed by atoms with E-state index >= 15 is 0 Å². The minimum Gasteiger partial charge on any atom is -0.354 e. The van der Waals surface area contributed by atoms with E-state index in [-0.39, 0.29) is 0 Å². The van der Waals surface area contributed by atoms with Crippen LogP contribution in [-0.2, 0) is 19.3 Å². The molecule has 0 spiro atoms. The third kappa shape index (κ3) is 6.33. The van der Waals surface area contributed by atoms with Gasteiger partial charge in [0.2, 0.25) is 0 Å². The van der Waals surface area contributed by atoms with Crippen LogP contribution in [-0.4, -0.2) is 68.1 Å². The van der Waals surface area contributed by atoms with Crippen LogP contribution in [0.5, 0.6) is 0 Å². The van der Waals surface area contributed by atoms with Crippen molar-refractivity contribution in [1.29, 1.82) is 0 Å². The zero-order chi connectivity index (χ0) is 22.4. The van der Waals surface area contributed by atoms with E-state index in [1.807, 2.05) is 24.2 Å². The Bertz CT molecular complexity index is 874. The zero-order valence-electron chi connectivity index (χ0n) is 18.2. The lowest BCUT2D eigenvalue weighted by Crippen LogP contribution is -2.44. The highest BCUT2D eigenvalue weighted by molar-refractivity contribution is 5.79. The van der Waals surface area contributed by atoms with Gasteiger partial charge in [0.25, 0.3) is 0 Å². The number of nitrogens with zero attached hydrogens (tertiary/aromatic N) is 5. The summed E-state index contributed by atoms with van der Waals surface area (Å²) in [4.78, 5) is 15.3. The number of piperazine rings is 1. The van der Waals surface area contributed by atoms with Crippen molar-refractivity contribution in [2.45, 2.75) is 19.3 Å². The Morgan fingerprint density at radius 3 is 2.39 bits per heavy atom. The van der Waals surface area contributed by atoms with Gasteiger partial charge in [-0.3, -0.25) is 4.99 Å². The number of nitrogens with one attached hydrogen (secondary N) is 1. The number of hydrogen-bond donors (Lipinski definition) is 1. The van der Waals surface area contributed by atoms with Gasteiger partial charge in [-0.25, -0.2) is 4.98 Å². The topological polar surface area (TPSA) is 47.0 Å². The third-order valence-corrected chi connectivity index (χ3v) is 5.36.